The average molecular weight is 270 g/mol. The number of hydrogen-bond acceptors (Lipinski definition) is 4. The van der Waals surface area contributed by atoms with Gasteiger partial charge in [-0.2, -0.15) is 15.0 Å². The molecule has 0 atom stereocenters. The maximum absolute atomic E-state index is 5.65. The van der Waals surface area contributed by atoms with Gasteiger partial charge in [0.15, 0.2) is 0 Å². The van der Waals surface area contributed by atoms with E-state index in [0.717, 1.165) is 5.56 Å². The van der Waals surface area contributed by atoms with E-state index >= 15 is 0 Å². The summed E-state index contributed by atoms with van der Waals surface area (Å²) in [7, 11) is 0. The number of halogens is 2. The van der Waals surface area contributed by atoms with Crippen molar-refractivity contribution in [2.24, 2.45) is 0 Å². The number of aryl methyl sites for hydroxylation is 2. The third kappa shape index (κ3) is 3.05. The van der Waals surface area contributed by atoms with E-state index in [2.05, 4.69) is 15.0 Å². The number of ether oxygens (including phenoxy) is 1. The Kier molecular flexibility index (Phi) is 3.45. The van der Waals surface area contributed by atoms with Gasteiger partial charge in [0.25, 0.3) is 0 Å². The van der Waals surface area contributed by atoms with Gasteiger partial charge in [-0.15, -0.1) is 0 Å². The fourth-order valence-electron chi connectivity index (χ4n) is 1.24. The quantitative estimate of drug-likeness (QED) is 0.836. The second-order valence-corrected chi connectivity index (χ2v) is 4.18. The van der Waals surface area contributed by atoms with Crippen molar-refractivity contribution in [3.63, 3.8) is 0 Å². The van der Waals surface area contributed by atoms with E-state index in [1.165, 1.54) is 5.56 Å². The molecular weight excluding hydrogens is 261 g/mol. The Morgan fingerprint density at radius 2 is 1.59 bits per heavy atom. The lowest BCUT2D eigenvalue weighted by molar-refractivity contribution is 0.439. The number of benzene rings is 1. The molecule has 0 aliphatic rings. The first-order chi connectivity index (χ1) is 8.04. The van der Waals surface area contributed by atoms with Gasteiger partial charge < -0.3 is 4.74 Å². The Hall–Kier alpha value is -1.39. The molecule has 2 aromatic rings. The van der Waals surface area contributed by atoms with E-state index in [-0.39, 0.29) is 16.6 Å². The number of rotatable bonds is 2. The molecule has 6 heteroatoms. The molecule has 0 aliphatic heterocycles. The van der Waals surface area contributed by atoms with Crippen LogP contribution in [0.2, 0.25) is 10.6 Å². The number of aromatic nitrogens is 3. The van der Waals surface area contributed by atoms with Crippen molar-refractivity contribution in [3.8, 4) is 11.8 Å². The molecule has 1 heterocycles. The van der Waals surface area contributed by atoms with E-state index in [0.29, 0.717) is 5.75 Å². The average Bonchev–Trinajstić information content (AvgIpc) is 2.22. The van der Waals surface area contributed by atoms with Gasteiger partial charge in [0.1, 0.15) is 5.75 Å². The Balaban J connectivity index is 2.28. The first-order valence-electron chi connectivity index (χ1n) is 4.87. The Bertz CT molecular complexity index is 540. The van der Waals surface area contributed by atoms with Crippen LogP contribution in [0.3, 0.4) is 0 Å². The van der Waals surface area contributed by atoms with Crippen LogP contribution in [-0.4, -0.2) is 15.0 Å². The molecule has 1 aromatic carbocycles. The SMILES string of the molecule is Cc1ccc(Oc2nc(Cl)nc(Cl)n2)cc1C. The smallest absolute Gasteiger partial charge is 0.327 e. The standard InChI is InChI=1S/C11H9Cl2N3O/c1-6-3-4-8(5-7(6)2)17-11-15-9(12)14-10(13)16-11/h3-5H,1-2H3. The molecule has 88 valence electrons. The normalized spacial score (nSPS) is 10.4. The van der Waals surface area contributed by atoms with Crippen molar-refractivity contribution in [1.82, 2.24) is 15.0 Å². The molecule has 2 rings (SSSR count). The zero-order chi connectivity index (χ0) is 12.4. The van der Waals surface area contributed by atoms with E-state index < -0.39 is 0 Å². The summed E-state index contributed by atoms with van der Waals surface area (Å²) in [6.45, 7) is 4.02. The molecule has 0 aliphatic carbocycles. The van der Waals surface area contributed by atoms with Gasteiger partial charge in [0.2, 0.25) is 10.6 Å². The van der Waals surface area contributed by atoms with Crippen LogP contribution in [0, 0.1) is 13.8 Å². The number of nitrogens with zero attached hydrogens (tertiary/aromatic N) is 3. The van der Waals surface area contributed by atoms with Crippen LogP contribution in [0.15, 0.2) is 18.2 Å². The Labute approximate surface area is 109 Å². The second-order valence-electron chi connectivity index (χ2n) is 3.50. The minimum atomic E-state index is 0.00355. The molecule has 1 aromatic heterocycles. The summed E-state index contributed by atoms with van der Waals surface area (Å²) in [6.07, 6.45) is 0. The van der Waals surface area contributed by atoms with Gasteiger partial charge in [-0.05, 0) is 60.3 Å². The molecular formula is C11H9Cl2N3O. The summed E-state index contributed by atoms with van der Waals surface area (Å²) < 4.78 is 5.44. The van der Waals surface area contributed by atoms with Gasteiger partial charge in [0.05, 0.1) is 0 Å². The summed E-state index contributed by atoms with van der Waals surface area (Å²) in [5.74, 6) is 0.631. The minimum absolute atomic E-state index is 0.00355. The maximum Gasteiger partial charge on any atom is 0.327 e. The van der Waals surface area contributed by atoms with Crippen LogP contribution in [0.25, 0.3) is 0 Å². The summed E-state index contributed by atoms with van der Waals surface area (Å²) in [5, 5.41) is 0.00710. The lowest BCUT2D eigenvalue weighted by Gasteiger charge is -2.06. The molecule has 0 bridgehead atoms. The second kappa shape index (κ2) is 4.85. The van der Waals surface area contributed by atoms with Crippen LogP contribution in [0.5, 0.6) is 11.8 Å². The van der Waals surface area contributed by atoms with Crippen molar-refractivity contribution in [2.75, 3.05) is 0 Å². The van der Waals surface area contributed by atoms with E-state index in [4.69, 9.17) is 27.9 Å². The third-order valence-electron chi connectivity index (χ3n) is 2.25. The first-order valence-corrected chi connectivity index (χ1v) is 5.62. The molecule has 0 saturated carbocycles. The van der Waals surface area contributed by atoms with E-state index in [9.17, 15) is 0 Å². The van der Waals surface area contributed by atoms with E-state index in [1.54, 1.807) is 0 Å². The van der Waals surface area contributed by atoms with Gasteiger partial charge in [-0.3, -0.25) is 0 Å². The van der Waals surface area contributed by atoms with Crippen LogP contribution in [0.4, 0.5) is 0 Å². The topological polar surface area (TPSA) is 47.9 Å². The molecule has 0 saturated heterocycles. The Morgan fingerprint density at radius 1 is 0.941 bits per heavy atom. The molecule has 0 radical (unpaired) electrons. The van der Waals surface area contributed by atoms with E-state index in [1.807, 2.05) is 32.0 Å². The van der Waals surface area contributed by atoms with Gasteiger partial charge in [0, 0.05) is 0 Å². The van der Waals surface area contributed by atoms with Crippen molar-refractivity contribution in [3.05, 3.63) is 39.9 Å². The highest BCUT2D eigenvalue weighted by Crippen LogP contribution is 2.22. The summed E-state index contributed by atoms with van der Waals surface area (Å²) in [5.41, 5.74) is 2.30. The highest BCUT2D eigenvalue weighted by Gasteiger charge is 2.06. The maximum atomic E-state index is 5.65. The van der Waals surface area contributed by atoms with Crippen molar-refractivity contribution >= 4 is 23.2 Å². The highest BCUT2D eigenvalue weighted by molar-refractivity contribution is 6.31. The van der Waals surface area contributed by atoms with Crippen molar-refractivity contribution < 1.29 is 4.74 Å². The molecule has 17 heavy (non-hydrogen) atoms. The minimum Gasteiger partial charge on any atom is -0.424 e. The van der Waals surface area contributed by atoms with Gasteiger partial charge in [-0.25, -0.2) is 0 Å². The molecule has 0 unspecified atom stereocenters. The zero-order valence-corrected chi connectivity index (χ0v) is 10.7. The fraction of sp³-hybridized carbons (Fsp3) is 0.182. The predicted molar refractivity (Wildman–Crippen MR) is 65.8 cm³/mol. The van der Waals surface area contributed by atoms with Gasteiger partial charge >= 0.3 is 6.01 Å². The zero-order valence-electron chi connectivity index (χ0n) is 9.24. The Morgan fingerprint density at radius 3 is 2.18 bits per heavy atom. The van der Waals surface area contributed by atoms with Gasteiger partial charge in [-0.1, -0.05) is 6.07 Å². The molecule has 0 spiro atoms. The lowest BCUT2D eigenvalue weighted by atomic mass is 10.1. The molecule has 4 nitrogen and oxygen atoms in total. The predicted octanol–water partition coefficient (Wildman–Crippen LogP) is 3.59. The van der Waals surface area contributed by atoms with Crippen molar-refractivity contribution in [2.45, 2.75) is 13.8 Å². The first kappa shape index (κ1) is 12.1. The van der Waals surface area contributed by atoms with Crippen molar-refractivity contribution in [1.29, 1.82) is 0 Å². The summed E-state index contributed by atoms with van der Waals surface area (Å²) >= 11 is 11.3. The molecule has 0 fully saturated rings. The largest absolute Gasteiger partial charge is 0.424 e. The number of hydrogen-bond donors (Lipinski definition) is 0. The van der Waals surface area contributed by atoms with Crippen LogP contribution >= 0.6 is 23.2 Å². The fourth-order valence-corrected chi connectivity index (χ4v) is 1.59. The van der Waals surface area contributed by atoms with Crippen LogP contribution < -0.4 is 4.74 Å². The van der Waals surface area contributed by atoms with Crippen LogP contribution in [-0.2, 0) is 0 Å². The molecule has 0 amide bonds. The third-order valence-corrected chi connectivity index (χ3v) is 2.59. The summed E-state index contributed by atoms with van der Waals surface area (Å²) in [6, 6.07) is 5.75. The monoisotopic (exact) mass is 269 g/mol. The summed E-state index contributed by atoms with van der Waals surface area (Å²) in [4.78, 5) is 11.3. The van der Waals surface area contributed by atoms with Crippen LogP contribution in [0.1, 0.15) is 11.1 Å². The highest BCUT2D eigenvalue weighted by atomic mass is 35.5. The molecule has 0 N–H and O–H groups in total. The lowest BCUT2D eigenvalue weighted by Crippen LogP contribution is -1.95.